The Morgan fingerprint density at radius 3 is 2.64 bits per heavy atom. The van der Waals surface area contributed by atoms with Crippen LogP contribution in [0.4, 0.5) is 5.69 Å². The van der Waals surface area contributed by atoms with Crippen molar-refractivity contribution in [2.45, 2.75) is 32.1 Å². The molecule has 1 heterocycles. The summed E-state index contributed by atoms with van der Waals surface area (Å²) in [5.41, 5.74) is 6.25. The van der Waals surface area contributed by atoms with E-state index >= 15 is 0 Å². The Labute approximate surface area is 155 Å². The number of rotatable bonds is 4. The van der Waals surface area contributed by atoms with Crippen molar-refractivity contribution in [2.24, 2.45) is 5.92 Å². The highest BCUT2D eigenvalue weighted by atomic mass is 35.5. The molecule has 4 rings (SSSR count). The molecule has 0 unspecified atom stereocenters. The van der Waals surface area contributed by atoms with Gasteiger partial charge in [-0.3, -0.25) is 4.79 Å². The third kappa shape index (κ3) is 4.05. The lowest BCUT2D eigenvalue weighted by molar-refractivity contribution is -0.116. The van der Waals surface area contributed by atoms with E-state index in [-0.39, 0.29) is 18.3 Å². The Hall–Kier alpha value is -1.84. The van der Waals surface area contributed by atoms with Gasteiger partial charge in [-0.15, -0.1) is 12.4 Å². The fraction of sp³-hybridized carbons (Fsp3) is 0.381. The molecular weight excluding hydrogens is 332 g/mol. The molecule has 1 amide bonds. The molecule has 0 radical (unpaired) electrons. The first-order chi connectivity index (χ1) is 11.8. The number of hydrogen-bond donors (Lipinski definition) is 2. The van der Waals surface area contributed by atoms with Crippen LogP contribution in [0.5, 0.6) is 0 Å². The molecule has 0 aromatic heterocycles. The molecule has 1 aliphatic carbocycles. The second-order valence-electron chi connectivity index (χ2n) is 6.99. The Morgan fingerprint density at radius 2 is 1.80 bits per heavy atom. The number of carbonyl (C=O) groups excluding carboxylic acids is 1. The van der Waals surface area contributed by atoms with E-state index in [0.29, 0.717) is 12.3 Å². The van der Waals surface area contributed by atoms with Crippen molar-refractivity contribution >= 4 is 24.0 Å². The summed E-state index contributed by atoms with van der Waals surface area (Å²) in [6, 6.07) is 14.9. The molecule has 2 aromatic carbocycles. The van der Waals surface area contributed by atoms with Gasteiger partial charge in [0.1, 0.15) is 0 Å². The second kappa shape index (κ2) is 8.03. The Morgan fingerprint density at radius 1 is 1.04 bits per heavy atom. The van der Waals surface area contributed by atoms with Crippen LogP contribution in [0.3, 0.4) is 0 Å². The van der Waals surface area contributed by atoms with E-state index in [9.17, 15) is 4.79 Å². The number of anilines is 1. The number of benzene rings is 2. The highest BCUT2D eigenvalue weighted by Gasteiger charge is 2.18. The van der Waals surface area contributed by atoms with Crippen molar-refractivity contribution < 1.29 is 4.79 Å². The average molecular weight is 357 g/mol. The van der Waals surface area contributed by atoms with Crippen LogP contribution in [0, 0.1) is 5.92 Å². The van der Waals surface area contributed by atoms with Crippen LogP contribution in [0.1, 0.15) is 36.8 Å². The lowest BCUT2D eigenvalue weighted by Crippen LogP contribution is -2.28. The molecular formula is C21H25ClN2O. The predicted molar refractivity (Wildman–Crippen MR) is 105 cm³/mol. The molecule has 0 spiro atoms. The fourth-order valence-corrected chi connectivity index (χ4v) is 3.95. The van der Waals surface area contributed by atoms with Crippen LogP contribution < -0.4 is 10.6 Å². The normalized spacial score (nSPS) is 15.8. The summed E-state index contributed by atoms with van der Waals surface area (Å²) in [5.74, 6) is 0.843. The van der Waals surface area contributed by atoms with Gasteiger partial charge in [-0.05, 0) is 79.1 Å². The summed E-state index contributed by atoms with van der Waals surface area (Å²) >= 11 is 0. The van der Waals surface area contributed by atoms with E-state index in [4.69, 9.17) is 0 Å². The number of amides is 1. The molecule has 0 atom stereocenters. The SMILES string of the molecule is Cl.O=C(CCC1CCNCC1)Nc1ccc2c(c1)Cc1ccccc1-2. The highest BCUT2D eigenvalue weighted by Crippen LogP contribution is 2.37. The first-order valence-corrected chi connectivity index (χ1v) is 9.01. The highest BCUT2D eigenvalue weighted by molar-refractivity contribution is 5.91. The molecule has 1 saturated heterocycles. The maximum atomic E-state index is 12.2. The molecule has 1 fully saturated rings. The van der Waals surface area contributed by atoms with Crippen LogP contribution in [0.2, 0.25) is 0 Å². The standard InChI is InChI=1S/C21H24N2O.ClH/c24-21(8-5-15-9-11-22-12-10-15)23-18-6-7-20-17(14-18)13-16-3-1-2-4-19(16)20;/h1-4,6-7,14-15,22H,5,8-13H2,(H,23,24);1H. The summed E-state index contributed by atoms with van der Waals surface area (Å²) in [7, 11) is 0. The Bertz CT molecular complexity index is 753. The molecule has 2 aliphatic rings. The van der Waals surface area contributed by atoms with E-state index in [2.05, 4.69) is 47.0 Å². The number of piperidine rings is 1. The smallest absolute Gasteiger partial charge is 0.224 e. The molecule has 3 nitrogen and oxygen atoms in total. The Kier molecular flexibility index (Phi) is 5.77. The second-order valence-corrected chi connectivity index (χ2v) is 6.99. The van der Waals surface area contributed by atoms with Crippen molar-refractivity contribution in [3.05, 3.63) is 53.6 Å². The van der Waals surface area contributed by atoms with Crippen molar-refractivity contribution in [2.75, 3.05) is 18.4 Å². The minimum Gasteiger partial charge on any atom is -0.326 e. The number of nitrogens with one attached hydrogen (secondary N) is 2. The third-order valence-electron chi connectivity index (χ3n) is 5.32. The van der Waals surface area contributed by atoms with Crippen molar-refractivity contribution in [1.29, 1.82) is 0 Å². The molecule has 2 N–H and O–H groups in total. The summed E-state index contributed by atoms with van der Waals surface area (Å²) in [5, 5.41) is 6.46. The summed E-state index contributed by atoms with van der Waals surface area (Å²) in [6.07, 6.45) is 4.99. The first-order valence-electron chi connectivity index (χ1n) is 9.01. The van der Waals surface area contributed by atoms with Gasteiger partial charge in [0.25, 0.3) is 0 Å². The van der Waals surface area contributed by atoms with E-state index in [1.807, 2.05) is 6.07 Å². The van der Waals surface area contributed by atoms with Crippen molar-refractivity contribution in [1.82, 2.24) is 5.32 Å². The first kappa shape index (κ1) is 18.0. The molecule has 4 heteroatoms. The van der Waals surface area contributed by atoms with Crippen molar-refractivity contribution in [3.8, 4) is 11.1 Å². The number of carbonyl (C=O) groups is 1. The van der Waals surface area contributed by atoms with Gasteiger partial charge in [-0.2, -0.15) is 0 Å². The molecule has 132 valence electrons. The van der Waals surface area contributed by atoms with E-state index in [1.54, 1.807) is 0 Å². The minimum absolute atomic E-state index is 0. The molecule has 0 bridgehead atoms. The summed E-state index contributed by atoms with van der Waals surface area (Å²) < 4.78 is 0. The third-order valence-corrected chi connectivity index (χ3v) is 5.32. The number of fused-ring (bicyclic) bond motifs is 3. The quantitative estimate of drug-likeness (QED) is 0.727. The van der Waals surface area contributed by atoms with E-state index < -0.39 is 0 Å². The lowest BCUT2D eigenvalue weighted by Gasteiger charge is -2.22. The van der Waals surface area contributed by atoms with Crippen molar-refractivity contribution in [3.63, 3.8) is 0 Å². The van der Waals surface area contributed by atoms with Gasteiger partial charge >= 0.3 is 0 Å². The summed E-state index contributed by atoms with van der Waals surface area (Å²) in [6.45, 7) is 2.19. The van der Waals surface area contributed by atoms with Gasteiger partial charge < -0.3 is 10.6 Å². The van der Waals surface area contributed by atoms with Crippen LogP contribution in [0.15, 0.2) is 42.5 Å². The van der Waals surface area contributed by atoms with Crippen LogP contribution >= 0.6 is 12.4 Å². The number of hydrogen-bond acceptors (Lipinski definition) is 2. The van der Waals surface area contributed by atoms with Gasteiger partial charge in [0, 0.05) is 12.1 Å². The average Bonchev–Trinajstić information content (AvgIpc) is 2.98. The van der Waals surface area contributed by atoms with Crippen LogP contribution in [-0.4, -0.2) is 19.0 Å². The van der Waals surface area contributed by atoms with E-state index in [1.165, 1.54) is 35.1 Å². The lowest BCUT2D eigenvalue weighted by atomic mass is 9.93. The largest absolute Gasteiger partial charge is 0.326 e. The van der Waals surface area contributed by atoms with Crippen LogP contribution in [0.25, 0.3) is 11.1 Å². The van der Waals surface area contributed by atoms with Gasteiger partial charge in [0.05, 0.1) is 0 Å². The van der Waals surface area contributed by atoms with Gasteiger partial charge in [0.15, 0.2) is 0 Å². The number of halogens is 1. The molecule has 2 aromatic rings. The van der Waals surface area contributed by atoms with Crippen LogP contribution in [-0.2, 0) is 11.2 Å². The molecule has 25 heavy (non-hydrogen) atoms. The fourth-order valence-electron chi connectivity index (χ4n) is 3.95. The molecule has 1 aliphatic heterocycles. The van der Waals surface area contributed by atoms with Gasteiger partial charge in [0.2, 0.25) is 5.91 Å². The monoisotopic (exact) mass is 356 g/mol. The molecule has 0 saturated carbocycles. The zero-order valence-electron chi connectivity index (χ0n) is 14.4. The van der Waals surface area contributed by atoms with Gasteiger partial charge in [-0.25, -0.2) is 0 Å². The topological polar surface area (TPSA) is 41.1 Å². The summed E-state index contributed by atoms with van der Waals surface area (Å²) in [4.78, 5) is 12.2. The maximum absolute atomic E-state index is 12.2. The Balaban J connectivity index is 0.00000182. The predicted octanol–water partition coefficient (Wildman–Crippen LogP) is 4.40. The minimum atomic E-state index is 0. The zero-order valence-corrected chi connectivity index (χ0v) is 15.2. The maximum Gasteiger partial charge on any atom is 0.224 e. The van der Waals surface area contributed by atoms with E-state index in [0.717, 1.165) is 31.6 Å². The van der Waals surface area contributed by atoms with Gasteiger partial charge in [-0.1, -0.05) is 30.3 Å². The zero-order chi connectivity index (χ0) is 16.4.